The number of hydrogen-bond acceptors (Lipinski definition) is 6. The first-order valence-corrected chi connectivity index (χ1v) is 6.60. The Hall–Kier alpha value is -1.97. The van der Waals surface area contributed by atoms with Crippen LogP contribution in [0.3, 0.4) is 0 Å². The average molecular weight is 309 g/mol. The van der Waals surface area contributed by atoms with E-state index in [1.807, 2.05) is 0 Å². The van der Waals surface area contributed by atoms with Crippen LogP contribution in [-0.4, -0.2) is 60.9 Å². The summed E-state index contributed by atoms with van der Waals surface area (Å²) in [5, 5.41) is 49.9. The number of ether oxygens (including phenoxy) is 1. The number of aliphatic hydroxyl groups is 4. The second kappa shape index (κ2) is 5.04. The molecule has 1 aliphatic heterocycles. The van der Waals surface area contributed by atoms with Crippen molar-refractivity contribution in [2.75, 3.05) is 0 Å². The van der Waals surface area contributed by atoms with Crippen molar-refractivity contribution in [2.24, 2.45) is 0 Å². The topological polar surface area (TPSA) is 143 Å². The van der Waals surface area contributed by atoms with Crippen molar-refractivity contribution < 1.29 is 35.1 Å². The fourth-order valence-corrected chi connectivity index (χ4v) is 2.72. The molecule has 0 unspecified atom stereocenters. The Morgan fingerprint density at radius 2 is 1.86 bits per heavy atom. The zero-order valence-electron chi connectivity index (χ0n) is 11.2. The van der Waals surface area contributed by atoms with Gasteiger partial charge in [-0.05, 0) is 6.07 Å². The van der Waals surface area contributed by atoms with Gasteiger partial charge in [-0.25, -0.2) is 4.79 Å². The largest absolute Gasteiger partial charge is 0.479 e. The van der Waals surface area contributed by atoms with Crippen molar-refractivity contribution in [3.63, 3.8) is 0 Å². The Kier molecular flexibility index (Phi) is 3.42. The lowest BCUT2D eigenvalue weighted by atomic mass is 9.88. The zero-order chi connectivity index (χ0) is 16.1. The van der Waals surface area contributed by atoms with Gasteiger partial charge in [-0.3, -0.25) is 0 Å². The predicted octanol–water partition coefficient (Wildman–Crippen LogP) is -1.12. The molecule has 0 saturated carbocycles. The fourth-order valence-electron chi connectivity index (χ4n) is 2.72. The van der Waals surface area contributed by atoms with Crippen molar-refractivity contribution in [1.82, 2.24) is 4.98 Å². The van der Waals surface area contributed by atoms with E-state index in [4.69, 9.17) is 9.84 Å². The van der Waals surface area contributed by atoms with Crippen molar-refractivity contribution >= 4 is 16.9 Å². The van der Waals surface area contributed by atoms with E-state index >= 15 is 0 Å². The molecule has 0 radical (unpaired) electrons. The number of fused-ring (bicyclic) bond motifs is 1. The zero-order valence-corrected chi connectivity index (χ0v) is 11.2. The summed E-state index contributed by atoms with van der Waals surface area (Å²) in [5.41, 5.74) is 0.710. The molecule has 8 heteroatoms. The third-order valence-electron chi connectivity index (χ3n) is 3.91. The normalized spacial score (nSPS) is 35.6. The van der Waals surface area contributed by atoms with Crippen LogP contribution in [0.5, 0.6) is 0 Å². The standard InChI is InChI=1S/C14H15NO7/c16-9-10(17)12(18)14(21,22-11(9)13(19)20)7-5-15-8-4-2-1-3-6(7)8/h1-5,9-12,15-18,21H,(H,19,20)/t9-,10-,11-,12+,14+/m0/s1. The fraction of sp³-hybridized carbons (Fsp3) is 0.357. The summed E-state index contributed by atoms with van der Waals surface area (Å²) in [4.78, 5) is 14.0. The second-order valence-corrected chi connectivity index (χ2v) is 5.25. The number of aliphatic hydroxyl groups excluding tert-OH is 3. The summed E-state index contributed by atoms with van der Waals surface area (Å²) in [6.45, 7) is 0. The lowest BCUT2D eigenvalue weighted by Crippen LogP contribution is -2.64. The molecule has 3 rings (SSSR count). The van der Waals surface area contributed by atoms with E-state index in [1.165, 1.54) is 6.20 Å². The molecule has 1 aromatic heterocycles. The second-order valence-electron chi connectivity index (χ2n) is 5.25. The number of rotatable bonds is 2. The smallest absolute Gasteiger partial charge is 0.335 e. The highest BCUT2D eigenvalue weighted by Crippen LogP contribution is 2.39. The Morgan fingerprint density at radius 3 is 2.55 bits per heavy atom. The monoisotopic (exact) mass is 309 g/mol. The van der Waals surface area contributed by atoms with E-state index in [2.05, 4.69) is 4.98 Å². The molecule has 0 aliphatic carbocycles. The van der Waals surface area contributed by atoms with Crippen LogP contribution in [0.1, 0.15) is 5.56 Å². The van der Waals surface area contributed by atoms with Gasteiger partial charge >= 0.3 is 5.97 Å². The third kappa shape index (κ3) is 2.01. The first-order valence-electron chi connectivity index (χ1n) is 6.60. The van der Waals surface area contributed by atoms with E-state index in [1.54, 1.807) is 24.3 Å². The van der Waals surface area contributed by atoms with Crippen LogP contribution in [0.2, 0.25) is 0 Å². The summed E-state index contributed by atoms with van der Waals surface area (Å²) in [6.07, 6.45) is -6.18. The molecule has 5 atom stereocenters. The van der Waals surface area contributed by atoms with E-state index in [-0.39, 0.29) is 5.56 Å². The van der Waals surface area contributed by atoms with Crippen LogP contribution in [0.15, 0.2) is 30.5 Å². The highest BCUT2D eigenvalue weighted by molar-refractivity contribution is 5.84. The summed E-state index contributed by atoms with van der Waals surface area (Å²) in [5.74, 6) is -4.03. The Morgan fingerprint density at radius 1 is 1.18 bits per heavy atom. The van der Waals surface area contributed by atoms with Gasteiger partial charge < -0.3 is 35.3 Å². The number of carboxylic acids is 1. The van der Waals surface area contributed by atoms with Gasteiger partial charge in [0.1, 0.15) is 18.3 Å². The number of benzene rings is 1. The van der Waals surface area contributed by atoms with E-state index < -0.39 is 36.2 Å². The molecule has 118 valence electrons. The SMILES string of the molecule is O=C(O)[C@H]1O[C@](O)(c2c[nH]c3ccccc23)[C@H](O)[C@@H](O)[C@@H]1O. The molecule has 8 nitrogen and oxygen atoms in total. The average Bonchev–Trinajstić information content (AvgIpc) is 2.93. The number of carbonyl (C=O) groups is 1. The molecule has 0 amide bonds. The maximum Gasteiger partial charge on any atom is 0.335 e. The van der Waals surface area contributed by atoms with Crippen LogP contribution >= 0.6 is 0 Å². The third-order valence-corrected chi connectivity index (χ3v) is 3.91. The van der Waals surface area contributed by atoms with Crippen LogP contribution in [0.4, 0.5) is 0 Å². The summed E-state index contributed by atoms with van der Waals surface area (Å²) < 4.78 is 5.06. The maximum absolute atomic E-state index is 11.1. The van der Waals surface area contributed by atoms with Crippen LogP contribution < -0.4 is 0 Å². The van der Waals surface area contributed by atoms with Gasteiger partial charge in [-0.15, -0.1) is 0 Å². The minimum absolute atomic E-state index is 0.0767. The molecule has 1 aliphatic rings. The molecule has 22 heavy (non-hydrogen) atoms. The molecule has 2 aromatic rings. The Labute approximate surface area is 124 Å². The minimum Gasteiger partial charge on any atom is -0.479 e. The highest BCUT2D eigenvalue weighted by Gasteiger charge is 2.56. The van der Waals surface area contributed by atoms with Crippen molar-refractivity contribution in [3.8, 4) is 0 Å². The number of aliphatic carboxylic acids is 1. The number of aromatic amines is 1. The van der Waals surface area contributed by atoms with Crippen LogP contribution in [0, 0.1) is 0 Å². The molecule has 1 fully saturated rings. The highest BCUT2D eigenvalue weighted by atomic mass is 16.7. The van der Waals surface area contributed by atoms with Crippen molar-refractivity contribution in [3.05, 3.63) is 36.0 Å². The number of aromatic nitrogens is 1. The first-order chi connectivity index (χ1) is 10.4. The number of para-hydroxylation sites is 1. The summed E-state index contributed by atoms with van der Waals surface area (Å²) in [6, 6.07) is 6.81. The van der Waals surface area contributed by atoms with Crippen molar-refractivity contribution in [1.29, 1.82) is 0 Å². The van der Waals surface area contributed by atoms with Gasteiger partial charge in [-0.1, -0.05) is 18.2 Å². The lowest BCUT2D eigenvalue weighted by Gasteiger charge is -2.44. The molecule has 0 bridgehead atoms. The number of hydrogen-bond donors (Lipinski definition) is 6. The van der Waals surface area contributed by atoms with E-state index in [0.29, 0.717) is 10.9 Å². The lowest BCUT2D eigenvalue weighted by molar-refractivity contribution is -0.349. The molecule has 1 aromatic carbocycles. The molecular weight excluding hydrogens is 294 g/mol. The van der Waals surface area contributed by atoms with E-state index in [9.17, 15) is 25.2 Å². The minimum atomic E-state index is -2.47. The molecule has 0 spiro atoms. The predicted molar refractivity (Wildman–Crippen MR) is 72.7 cm³/mol. The van der Waals surface area contributed by atoms with Gasteiger partial charge in [0.2, 0.25) is 5.79 Å². The van der Waals surface area contributed by atoms with Crippen molar-refractivity contribution in [2.45, 2.75) is 30.2 Å². The van der Waals surface area contributed by atoms with Gasteiger partial charge in [0.05, 0.1) is 0 Å². The van der Waals surface area contributed by atoms with Gasteiger partial charge in [-0.2, -0.15) is 0 Å². The molecule has 6 N–H and O–H groups in total. The summed E-state index contributed by atoms with van der Waals surface area (Å²) >= 11 is 0. The van der Waals surface area contributed by atoms with E-state index in [0.717, 1.165) is 0 Å². The quantitative estimate of drug-likeness (QED) is 0.412. The molecule has 1 saturated heterocycles. The Balaban J connectivity index is 2.12. The Bertz CT molecular complexity index is 714. The number of carboxylic acid groups (broad SMARTS) is 1. The maximum atomic E-state index is 11.1. The molecule has 2 heterocycles. The summed E-state index contributed by atoms with van der Waals surface area (Å²) in [7, 11) is 0. The van der Waals surface area contributed by atoms with Crippen LogP contribution in [0.25, 0.3) is 10.9 Å². The molecular formula is C14H15NO7. The van der Waals surface area contributed by atoms with Gasteiger partial charge in [0.25, 0.3) is 0 Å². The van der Waals surface area contributed by atoms with Crippen LogP contribution in [-0.2, 0) is 15.3 Å². The van der Waals surface area contributed by atoms with Gasteiger partial charge in [0.15, 0.2) is 6.10 Å². The number of H-pyrrole nitrogens is 1. The number of nitrogens with one attached hydrogen (secondary N) is 1. The van der Waals surface area contributed by atoms with Gasteiger partial charge in [0, 0.05) is 22.7 Å². The first kappa shape index (κ1) is 14.9.